The summed E-state index contributed by atoms with van der Waals surface area (Å²) in [6, 6.07) is 47.4. The van der Waals surface area contributed by atoms with E-state index >= 15 is 0 Å². The molecule has 0 bridgehead atoms. The molecule has 0 aliphatic carbocycles. The molecule has 0 unspecified atom stereocenters. The Morgan fingerprint density at radius 3 is 1.72 bits per heavy atom. The molecule has 0 amide bonds. The van der Waals surface area contributed by atoms with Gasteiger partial charge in [0, 0.05) is 16.2 Å². The first-order chi connectivity index (χ1) is 23.0. The lowest BCUT2D eigenvalue weighted by Gasteiger charge is -2.24. The molecule has 9 rings (SSSR count). The van der Waals surface area contributed by atoms with Gasteiger partial charge in [-0.25, -0.2) is 0 Å². The average Bonchev–Trinajstić information content (AvgIpc) is 3.50. The fourth-order valence-electron chi connectivity index (χ4n) is 7.79. The molecule has 0 aliphatic heterocycles. The van der Waals surface area contributed by atoms with Crippen molar-refractivity contribution in [2.75, 3.05) is 0 Å². The Labute approximate surface area is 274 Å². The summed E-state index contributed by atoms with van der Waals surface area (Å²) in [4.78, 5) is 0. The molecular weight excluding hydrogens is 570 g/mol. The predicted octanol–water partition coefficient (Wildman–Crippen LogP) is 8.58. The second-order valence-electron chi connectivity index (χ2n) is 12.7. The number of phenols is 1. The first-order valence-electron chi connectivity index (χ1n) is 16.2. The molecule has 1 N–H and O–H groups in total. The maximum absolute atomic E-state index is 11.5. The number of fused-ring (bicyclic) bond motifs is 7. The molecule has 47 heavy (non-hydrogen) atoms. The first-order valence-corrected chi connectivity index (χ1v) is 16.2. The van der Waals surface area contributed by atoms with Crippen LogP contribution in [0, 0.1) is 6.92 Å². The number of hydrogen-bond donors (Lipinski definition) is 1. The van der Waals surface area contributed by atoms with Gasteiger partial charge in [-0.05, 0) is 96.5 Å². The Kier molecular flexibility index (Phi) is 6.10. The van der Waals surface area contributed by atoms with E-state index in [0.29, 0.717) is 5.75 Å². The summed E-state index contributed by atoms with van der Waals surface area (Å²) >= 11 is 0. The SMILES string of the molecule is Bc1c(C)c(O)c(B)c(-c2c3ccccc3c(-c3ccc4c(c3)oc3c5ccccc5ccc43)c3ccccc23)c1-c1ccccc1. The number of furan rings is 1. The van der Waals surface area contributed by atoms with E-state index in [-0.39, 0.29) is 0 Å². The number of rotatable bonds is 3. The fraction of sp³-hybridized carbons (Fsp3) is 0.0233. The van der Waals surface area contributed by atoms with Gasteiger partial charge < -0.3 is 9.52 Å². The lowest BCUT2D eigenvalue weighted by molar-refractivity contribution is 0.476. The predicted molar refractivity (Wildman–Crippen MR) is 205 cm³/mol. The van der Waals surface area contributed by atoms with Crippen molar-refractivity contribution in [3.63, 3.8) is 0 Å². The molecule has 4 heteroatoms. The molecule has 220 valence electrons. The van der Waals surface area contributed by atoms with Gasteiger partial charge in [0.15, 0.2) is 0 Å². The summed E-state index contributed by atoms with van der Waals surface area (Å²) in [5.74, 6) is 0.359. The summed E-state index contributed by atoms with van der Waals surface area (Å²) in [6.45, 7) is 2.02. The fourth-order valence-corrected chi connectivity index (χ4v) is 7.79. The summed E-state index contributed by atoms with van der Waals surface area (Å²) < 4.78 is 6.64. The molecule has 0 radical (unpaired) electrons. The highest BCUT2D eigenvalue weighted by Crippen LogP contribution is 2.47. The molecular formula is C43H30B2O2. The molecule has 0 spiro atoms. The van der Waals surface area contributed by atoms with E-state index in [1.807, 2.05) is 6.92 Å². The van der Waals surface area contributed by atoms with E-state index in [2.05, 4.69) is 149 Å². The van der Waals surface area contributed by atoms with E-state index < -0.39 is 0 Å². The maximum Gasteiger partial charge on any atom is 0.145 e. The third kappa shape index (κ3) is 4.01. The molecule has 9 aromatic rings. The highest BCUT2D eigenvalue weighted by molar-refractivity contribution is 6.46. The van der Waals surface area contributed by atoms with Gasteiger partial charge in [0.1, 0.15) is 32.6 Å². The molecule has 0 aliphatic rings. The Balaban J connectivity index is 1.39. The molecule has 1 heterocycles. The minimum Gasteiger partial charge on any atom is -0.508 e. The van der Waals surface area contributed by atoms with E-state index in [1.54, 1.807) is 0 Å². The van der Waals surface area contributed by atoms with Crippen LogP contribution in [0.25, 0.3) is 87.6 Å². The van der Waals surface area contributed by atoms with Gasteiger partial charge in [-0.3, -0.25) is 0 Å². The van der Waals surface area contributed by atoms with E-state index in [4.69, 9.17) is 4.42 Å². The van der Waals surface area contributed by atoms with Crippen LogP contribution in [0.3, 0.4) is 0 Å². The van der Waals surface area contributed by atoms with Crippen LogP contribution in [0.15, 0.2) is 138 Å². The van der Waals surface area contributed by atoms with Crippen molar-refractivity contribution in [3.05, 3.63) is 139 Å². The Morgan fingerprint density at radius 1 is 0.468 bits per heavy atom. The van der Waals surface area contributed by atoms with Gasteiger partial charge in [-0.15, -0.1) is 0 Å². The zero-order valence-corrected chi connectivity index (χ0v) is 26.6. The van der Waals surface area contributed by atoms with Crippen LogP contribution in [-0.4, -0.2) is 20.8 Å². The van der Waals surface area contributed by atoms with Crippen LogP contribution in [0.5, 0.6) is 5.75 Å². The second-order valence-corrected chi connectivity index (χ2v) is 12.7. The van der Waals surface area contributed by atoms with Gasteiger partial charge in [0.05, 0.1) is 0 Å². The van der Waals surface area contributed by atoms with Crippen LogP contribution in [0.2, 0.25) is 0 Å². The Bertz CT molecular complexity index is 2670. The number of aromatic hydroxyl groups is 1. The molecule has 0 atom stereocenters. The van der Waals surface area contributed by atoms with Crippen LogP contribution in [0.4, 0.5) is 0 Å². The van der Waals surface area contributed by atoms with Gasteiger partial charge in [-0.2, -0.15) is 0 Å². The minimum atomic E-state index is 0.359. The average molecular weight is 600 g/mol. The van der Waals surface area contributed by atoms with E-state index in [0.717, 1.165) is 82.4 Å². The molecule has 0 saturated carbocycles. The van der Waals surface area contributed by atoms with Gasteiger partial charge >= 0.3 is 0 Å². The first kappa shape index (κ1) is 27.6. The quantitative estimate of drug-likeness (QED) is 0.163. The standard InChI is InChI=1S/C43H30B2O2/c1-24-40(44)37(26-12-3-2-4-13-26)39(41(45)42(24)46)38-32-17-9-7-15-30(32)36(31-16-8-10-18-33(31)38)27-20-21-29-34-22-19-25-11-5-6-14-28(25)43(34)47-35(29)23-27/h2-23,46H,44-45H2,1H3. The van der Waals surface area contributed by atoms with Crippen LogP contribution in [0.1, 0.15) is 5.56 Å². The van der Waals surface area contributed by atoms with E-state index in [9.17, 15) is 5.11 Å². The molecule has 0 fully saturated rings. The minimum absolute atomic E-state index is 0.359. The van der Waals surface area contributed by atoms with Crippen molar-refractivity contribution in [2.45, 2.75) is 6.92 Å². The normalized spacial score (nSPS) is 11.8. The summed E-state index contributed by atoms with van der Waals surface area (Å²) in [6.07, 6.45) is 0. The second kappa shape index (κ2) is 10.4. The van der Waals surface area contributed by atoms with Crippen molar-refractivity contribution in [1.82, 2.24) is 0 Å². The van der Waals surface area contributed by atoms with Crippen LogP contribution >= 0.6 is 0 Å². The van der Waals surface area contributed by atoms with Crippen molar-refractivity contribution >= 4 is 80.9 Å². The Morgan fingerprint density at radius 2 is 1.04 bits per heavy atom. The number of phenolic OH excluding ortho intramolecular Hbond substituents is 1. The monoisotopic (exact) mass is 600 g/mol. The van der Waals surface area contributed by atoms with Crippen LogP contribution < -0.4 is 10.9 Å². The van der Waals surface area contributed by atoms with Crippen molar-refractivity contribution in [2.24, 2.45) is 0 Å². The third-order valence-electron chi connectivity index (χ3n) is 10.2. The molecule has 1 aromatic heterocycles. The van der Waals surface area contributed by atoms with Gasteiger partial charge in [-0.1, -0.05) is 121 Å². The smallest absolute Gasteiger partial charge is 0.145 e. The molecule has 0 saturated heterocycles. The lowest BCUT2D eigenvalue weighted by atomic mass is 9.71. The highest BCUT2D eigenvalue weighted by Gasteiger charge is 2.24. The van der Waals surface area contributed by atoms with Crippen molar-refractivity contribution < 1.29 is 9.52 Å². The Hall–Kier alpha value is -5.73. The number of hydrogen-bond acceptors (Lipinski definition) is 2. The van der Waals surface area contributed by atoms with E-state index in [1.165, 1.54) is 21.7 Å². The zero-order chi connectivity index (χ0) is 31.8. The molecule has 8 aromatic carbocycles. The van der Waals surface area contributed by atoms with Gasteiger partial charge in [0.25, 0.3) is 0 Å². The topological polar surface area (TPSA) is 33.4 Å². The van der Waals surface area contributed by atoms with Crippen molar-refractivity contribution in [3.8, 4) is 39.1 Å². The van der Waals surface area contributed by atoms with Crippen LogP contribution in [-0.2, 0) is 0 Å². The van der Waals surface area contributed by atoms with Crippen molar-refractivity contribution in [1.29, 1.82) is 0 Å². The largest absolute Gasteiger partial charge is 0.508 e. The van der Waals surface area contributed by atoms with Gasteiger partial charge in [0.2, 0.25) is 0 Å². The third-order valence-corrected chi connectivity index (χ3v) is 10.2. The summed E-state index contributed by atoms with van der Waals surface area (Å²) in [5.41, 5.74) is 11.5. The summed E-state index contributed by atoms with van der Waals surface area (Å²) in [5, 5.41) is 20.7. The highest BCUT2D eigenvalue weighted by atomic mass is 16.3. The maximum atomic E-state index is 11.5. The lowest BCUT2D eigenvalue weighted by Crippen LogP contribution is -2.22. The summed E-state index contributed by atoms with van der Waals surface area (Å²) in [7, 11) is 4.19. The zero-order valence-electron chi connectivity index (χ0n) is 26.6. The number of benzene rings is 8. The molecule has 2 nitrogen and oxygen atoms in total.